The Morgan fingerprint density at radius 3 is 2.83 bits per heavy atom. The Morgan fingerprint density at radius 1 is 1.38 bits per heavy atom. The van der Waals surface area contributed by atoms with E-state index in [1.807, 2.05) is 24.9 Å². The molecule has 1 amide bonds. The number of aryl methyl sites for hydroxylation is 2. The number of pyridine rings is 1. The van der Waals surface area contributed by atoms with E-state index in [0.717, 1.165) is 62.2 Å². The van der Waals surface area contributed by atoms with Crippen LogP contribution in [0.5, 0.6) is 0 Å². The van der Waals surface area contributed by atoms with Crippen LogP contribution < -0.4 is 5.32 Å². The third kappa shape index (κ3) is 3.59. The van der Waals surface area contributed by atoms with Crippen molar-refractivity contribution in [3.8, 4) is 0 Å². The first-order valence-corrected chi connectivity index (χ1v) is 8.86. The van der Waals surface area contributed by atoms with Crippen LogP contribution in [-0.2, 0) is 18.4 Å². The van der Waals surface area contributed by atoms with E-state index in [-0.39, 0.29) is 11.8 Å². The van der Waals surface area contributed by atoms with Crippen LogP contribution in [0.2, 0.25) is 0 Å². The molecular weight excluding hydrogens is 302 g/mol. The fourth-order valence-corrected chi connectivity index (χ4v) is 3.44. The van der Waals surface area contributed by atoms with E-state index in [1.54, 1.807) is 0 Å². The van der Waals surface area contributed by atoms with Crippen molar-refractivity contribution >= 4 is 16.9 Å². The smallest absolute Gasteiger partial charge is 0.223 e. The Bertz CT molecular complexity index is 716. The van der Waals surface area contributed by atoms with Gasteiger partial charge in [-0.2, -0.15) is 5.10 Å². The summed E-state index contributed by atoms with van der Waals surface area (Å²) in [6.07, 6.45) is 4.83. The van der Waals surface area contributed by atoms with Crippen molar-refractivity contribution in [2.24, 2.45) is 13.0 Å². The molecule has 0 spiro atoms. The Balaban J connectivity index is 1.58. The largest absolute Gasteiger partial charge is 0.356 e. The van der Waals surface area contributed by atoms with Gasteiger partial charge >= 0.3 is 0 Å². The number of hydrogen-bond acceptors (Lipinski definition) is 4. The summed E-state index contributed by atoms with van der Waals surface area (Å²) in [6.45, 7) is 7.71. The number of likely N-dealkylation sites (tertiary alicyclic amines) is 1. The summed E-state index contributed by atoms with van der Waals surface area (Å²) in [5, 5.41) is 8.58. The van der Waals surface area contributed by atoms with Crippen molar-refractivity contribution in [2.45, 2.75) is 39.7 Å². The van der Waals surface area contributed by atoms with Crippen molar-refractivity contribution in [3.05, 3.63) is 23.5 Å². The molecule has 2 aromatic heterocycles. The van der Waals surface area contributed by atoms with E-state index >= 15 is 0 Å². The third-order valence-corrected chi connectivity index (χ3v) is 4.83. The summed E-state index contributed by atoms with van der Waals surface area (Å²) < 4.78 is 1.83. The molecule has 6 nitrogen and oxygen atoms in total. The van der Waals surface area contributed by atoms with E-state index in [9.17, 15) is 4.79 Å². The summed E-state index contributed by atoms with van der Waals surface area (Å²) >= 11 is 0. The number of piperidine rings is 1. The molecule has 6 heteroatoms. The second kappa shape index (κ2) is 7.30. The lowest BCUT2D eigenvalue weighted by Crippen LogP contribution is -2.40. The van der Waals surface area contributed by atoms with Gasteiger partial charge in [-0.3, -0.25) is 14.4 Å². The molecule has 0 bridgehead atoms. The SMILES string of the molecule is CCCNC(=O)C1CCN(Cc2cnc3c(c2)c(C)nn3C)CC1. The first-order chi connectivity index (χ1) is 11.6. The van der Waals surface area contributed by atoms with Crippen molar-refractivity contribution < 1.29 is 4.79 Å². The van der Waals surface area contributed by atoms with Gasteiger partial charge in [0.15, 0.2) is 5.65 Å². The Hall–Kier alpha value is -1.95. The Morgan fingerprint density at radius 2 is 2.12 bits per heavy atom. The number of fused-ring (bicyclic) bond motifs is 1. The normalized spacial score (nSPS) is 16.6. The highest BCUT2D eigenvalue weighted by Crippen LogP contribution is 2.21. The molecule has 1 aliphatic rings. The second-order valence-corrected chi connectivity index (χ2v) is 6.77. The topological polar surface area (TPSA) is 63.1 Å². The minimum absolute atomic E-state index is 0.175. The van der Waals surface area contributed by atoms with E-state index in [0.29, 0.717) is 0 Å². The van der Waals surface area contributed by atoms with Crippen molar-refractivity contribution in [2.75, 3.05) is 19.6 Å². The minimum Gasteiger partial charge on any atom is -0.356 e. The zero-order valence-corrected chi connectivity index (χ0v) is 14.9. The second-order valence-electron chi connectivity index (χ2n) is 6.77. The number of rotatable bonds is 5. The van der Waals surface area contributed by atoms with Crippen LogP contribution in [0.3, 0.4) is 0 Å². The lowest BCUT2D eigenvalue weighted by Gasteiger charge is -2.31. The maximum Gasteiger partial charge on any atom is 0.223 e. The maximum absolute atomic E-state index is 12.1. The zero-order valence-electron chi connectivity index (χ0n) is 14.9. The minimum atomic E-state index is 0.175. The average Bonchev–Trinajstić information content (AvgIpc) is 2.87. The van der Waals surface area contributed by atoms with Gasteiger partial charge in [-0.15, -0.1) is 0 Å². The molecule has 0 radical (unpaired) electrons. The summed E-state index contributed by atoms with van der Waals surface area (Å²) in [5.41, 5.74) is 3.17. The molecule has 0 saturated carbocycles. The first kappa shape index (κ1) is 16.9. The van der Waals surface area contributed by atoms with Crippen LogP contribution in [0, 0.1) is 12.8 Å². The van der Waals surface area contributed by atoms with Crippen LogP contribution in [0.1, 0.15) is 37.4 Å². The molecule has 24 heavy (non-hydrogen) atoms. The summed E-state index contributed by atoms with van der Waals surface area (Å²) in [6, 6.07) is 2.20. The molecule has 1 fully saturated rings. The lowest BCUT2D eigenvalue weighted by atomic mass is 9.95. The van der Waals surface area contributed by atoms with Crippen LogP contribution in [0.4, 0.5) is 0 Å². The van der Waals surface area contributed by atoms with E-state index in [1.165, 1.54) is 5.56 Å². The van der Waals surface area contributed by atoms with Gasteiger partial charge in [0.1, 0.15) is 0 Å². The van der Waals surface area contributed by atoms with E-state index < -0.39 is 0 Å². The monoisotopic (exact) mass is 329 g/mol. The molecule has 0 unspecified atom stereocenters. The molecule has 3 heterocycles. The first-order valence-electron chi connectivity index (χ1n) is 8.86. The van der Waals surface area contributed by atoms with Crippen LogP contribution in [0.15, 0.2) is 12.3 Å². The van der Waals surface area contributed by atoms with E-state index in [2.05, 4.69) is 33.3 Å². The Labute approximate surface area is 143 Å². The molecule has 0 aliphatic carbocycles. The summed E-state index contributed by atoms with van der Waals surface area (Å²) in [4.78, 5) is 19.0. The quantitative estimate of drug-likeness (QED) is 0.911. The predicted molar refractivity (Wildman–Crippen MR) is 94.5 cm³/mol. The number of carbonyl (C=O) groups is 1. The summed E-state index contributed by atoms with van der Waals surface area (Å²) in [7, 11) is 1.93. The maximum atomic E-state index is 12.1. The van der Waals surface area contributed by atoms with Crippen LogP contribution in [0.25, 0.3) is 11.0 Å². The van der Waals surface area contributed by atoms with Gasteiger partial charge in [-0.1, -0.05) is 6.92 Å². The highest BCUT2D eigenvalue weighted by molar-refractivity contribution is 5.79. The van der Waals surface area contributed by atoms with Gasteiger partial charge in [-0.05, 0) is 50.9 Å². The number of carbonyl (C=O) groups excluding carboxylic acids is 1. The average molecular weight is 329 g/mol. The van der Waals surface area contributed by atoms with Crippen molar-refractivity contribution in [1.29, 1.82) is 0 Å². The summed E-state index contributed by atoms with van der Waals surface area (Å²) in [5.74, 6) is 0.402. The Kier molecular flexibility index (Phi) is 5.14. The van der Waals surface area contributed by atoms with Crippen molar-refractivity contribution in [3.63, 3.8) is 0 Å². The fraction of sp³-hybridized carbons (Fsp3) is 0.611. The molecular formula is C18H27N5O. The molecule has 1 N–H and O–H groups in total. The molecule has 2 aromatic rings. The molecule has 130 valence electrons. The molecule has 0 aromatic carbocycles. The highest BCUT2D eigenvalue weighted by atomic mass is 16.1. The fourth-order valence-electron chi connectivity index (χ4n) is 3.44. The number of nitrogens with one attached hydrogen (secondary N) is 1. The van der Waals surface area contributed by atoms with Gasteiger partial charge < -0.3 is 5.32 Å². The van der Waals surface area contributed by atoms with Gasteiger partial charge in [0.2, 0.25) is 5.91 Å². The number of aromatic nitrogens is 3. The van der Waals surface area contributed by atoms with Gasteiger partial charge in [0.25, 0.3) is 0 Å². The van der Waals surface area contributed by atoms with Gasteiger partial charge in [0.05, 0.1) is 5.69 Å². The van der Waals surface area contributed by atoms with Crippen LogP contribution >= 0.6 is 0 Å². The van der Waals surface area contributed by atoms with Crippen LogP contribution in [-0.4, -0.2) is 45.2 Å². The molecule has 0 atom stereocenters. The molecule has 1 saturated heterocycles. The highest BCUT2D eigenvalue weighted by Gasteiger charge is 2.24. The lowest BCUT2D eigenvalue weighted by molar-refractivity contribution is -0.126. The van der Waals surface area contributed by atoms with E-state index in [4.69, 9.17) is 0 Å². The number of hydrogen-bond donors (Lipinski definition) is 1. The van der Waals surface area contributed by atoms with Gasteiger partial charge in [-0.25, -0.2) is 4.98 Å². The zero-order chi connectivity index (χ0) is 17.1. The predicted octanol–water partition coefficient (Wildman–Crippen LogP) is 2.01. The molecule has 3 rings (SSSR count). The number of nitrogens with zero attached hydrogens (tertiary/aromatic N) is 4. The molecule has 1 aliphatic heterocycles. The number of amides is 1. The third-order valence-electron chi connectivity index (χ3n) is 4.83. The van der Waals surface area contributed by atoms with Crippen molar-refractivity contribution in [1.82, 2.24) is 25.0 Å². The van der Waals surface area contributed by atoms with Gasteiger partial charge in [0, 0.05) is 37.6 Å². The standard InChI is InChI=1S/C18H27N5O/c1-4-7-19-18(24)15-5-8-23(9-6-15)12-14-10-16-13(2)21-22(3)17(16)20-11-14/h10-11,15H,4-9,12H2,1-3H3,(H,19,24).